The Kier molecular flexibility index (Phi) is 5.15. The highest BCUT2D eigenvalue weighted by atomic mass is 15.3. The Balaban J connectivity index is 2.17. The maximum atomic E-state index is 3.69. The molecule has 0 bridgehead atoms. The minimum absolute atomic E-state index is 0.226. The molecule has 1 saturated heterocycles. The van der Waals surface area contributed by atoms with Crippen molar-refractivity contribution in [1.82, 2.24) is 5.32 Å². The zero-order chi connectivity index (χ0) is 15.5. The molecule has 118 valence electrons. The summed E-state index contributed by atoms with van der Waals surface area (Å²) in [7, 11) is 0. The van der Waals surface area contributed by atoms with Crippen LogP contribution in [0.4, 0.5) is 11.4 Å². The number of hydrogen-bond donors (Lipinski definition) is 1. The molecule has 3 nitrogen and oxygen atoms in total. The van der Waals surface area contributed by atoms with Gasteiger partial charge in [-0.05, 0) is 58.4 Å². The number of benzene rings is 1. The van der Waals surface area contributed by atoms with E-state index in [9.17, 15) is 0 Å². The van der Waals surface area contributed by atoms with Crippen molar-refractivity contribution in [2.24, 2.45) is 0 Å². The molecular weight excluding hydrogens is 258 g/mol. The molecule has 1 fully saturated rings. The van der Waals surface area contributed by atoms with Gasteiger partial charge in [0.05, 0.1) is 0 Å². The quantitative estimate of drug-likeness (QED) is 0.895. The van der Waals surface area contributed by atoms with Gasteiger partial charge < -0.3 is 15.1 Å². The fourth-order valence-electron chi connectivity index (χ4n) is 3.12. The van der Waals surface area contributed by atoms with E-state index in [0.29, 0.717) is 6.04 Å². The summed E-state index contributed by atoms with van der Waals surface area (Å²) in [6, 6.07) is 9.64. The van der Waals surface area contributed by atoms with Gasteiger partial charge in [0.2, 0.25) is 0 Å². The van der Waals surface area contributed by atoms with Crippen molar-refractivity contribution < 1.29 is 0 Å². The van der Waals surface area contributed by atoms with E-state index in [2.05, 4.69) is 74.0 Å². The third kappa shape index (κ3) is 3.52. The Bertz CT molecular complexity index is 438. The summed E-state index contributed by atoms with van der Waals surface area (Å²) in [4.78, 5) is 4.94. The number of piperazine rings is 1. The van der Waals surface area contributed by atoms with Gasteiger partial charge in [-0.3, -0.25) is 0 Å². The fourth-order valence-corrected chi connectivity index (χ4v) is 3.12. The molecule has 1 aliphatic heterocycles. The standard InChI is InChI=1S/C18H31N3/c1-6-18(5)14-21(15(4)13-19-18)17-11-9-16(10-12-17)20(7-2)8-3/h9-12,15,19H,6-8,13-14H2,1-5H3. The molecule has 2 rings (SSSR count). The summed E-state index contributed by atoms with van der Waals surface area (Å²) in [5.74, 6) is 0. The predicted octanol–water partition coefficient (Wildman–Crippen LogP) is 3.50. The van der Waals surface area contributed by atoms with Crippen molar-refractivity contribution in [3.05, 3.63) is 24.3 Å². The lowest BCUT2D eigenvalue weighted by atomic mass is 9.93. The molecule has 1 aromatic rings. The molecule has 0 amide bonds. The topological polar surface area (TPSA) is 18.5 Å². The van der Waals surface area contributed by atoms with Crippen LogP contribution in [0.5, 0.6) is 0 Å². The number of hydrogen-bond acceptors (Lipinski definition) is 3. The number of rotatable bonds is 5. The van der Waals surface area contributed by atoms with E-state index < -0.39 is 0 Å². The van der Waals surface area contributed by atoms with Crippen LogP contribution in [0, 0.1) is 0 Å². The normalized spacial score (nSPS) is 26.0. The average Bonchev–Trinajstić information content (AvgIpc) is 2.52. The second-order valence-electron chi connectivity index (χ2n) is 6.46. The number of anilines is 2. The maximum Gasteiger partial charge on any atom is 0.0387 e. The first-order valence-corrected chi connectivity index (χ1v) is 8.39. The predicted molar refractivity (Wildman–Crippen MR) is 93.5 cm³/mol. The summed E-state index contributed by atoms with van der Waals surface area (Å²) in [6.07, 6.45) is 1.16. The molecule has 2 unspecified atom stereocenters. The molecule has 21 heavy (non-hydrogen) atoms. The Morgan fingerprint density at radius 3 is 2.33 bits per heavy atom. The van der Waals surface area contributed by atoms with Gasteiger partial charge in [0.1, 0.15) is 0 Å². The highest BCUT2D eigenvalue weighted by Gasteiger charge is 2.32. The zero-order valence-corrected chi connectivity index (χ0v) is 14.3. The fraction of sp³-hybridized carbons (Fsp3) is 0.667. The highest BCUT2D eigenvalue weighted by Crippen LogP contribution is 2.27. The molecule has 0 aromatic heterocycles. The van der Waals surface area contributed by atoms with E-state index in [4.69, 9.17) is 0 Å². The van der Waals surface area contributed by atoms with Gasteiger partial charge in [0.25, 0.3) is 0 Å². The molecule has 1 aromatic carbocycles. The van der Waals surface area contributed by atoms with Crippen molar-refractivity contribution >= 4 is 11.4 Å². The van der Waals surface area contributed by atoms with Gasteiger partial charge >= 0.3 is 0 Å². The van der Waals surface area contributed by atoms with Crippen molar-refractivity contribution in [2.45, 2.75) is 52.6 Å². The largest absolute Gasteiger partial charge is 0.372 e. The molecule has 0 aliphatic carbocycles. The SMILES string of the molecule is CCN(CC)c1ccc(N2CC(C)(CC)NCC2C)cc1. The molecule has 0 radical (unpaired) electrons. The summed E-state index contributed by atoms with van der Waals surface area (Å²) >= 11 is 0. The van der Waals surface area contributed by atoms with Crippen LogP contribution >= 0.6 is 0 Å². The molecule has 2 atom stereocenters. The van der Waals surface area contributed by atoms with E-state index in [0.717, 1.165) is 32.6 Å². The molecular formula is C18H31N3. The summed E-state index contributed by atoms with van der Waals surface area (Å²) in [5, 5.41) is 3.69. The molecule has 1 heterocycles. The lowest BCUT2D eigenvalue weighted by Crippen LogP contribution is -2.62. The molecule has 1 N–H and O–H groups in total. The third-order valence-electron chi connectivity index (χ3n) is 4.97. The van der Waals surface area contributed by atoms with E-state index in [1.54, 1.807) is 0 Å². The van der Waals surface area contributed by atoms with E-state index in [1.165, 1.54) is 11.4 Å². The Morgan fingerprint density at radius 2 is 1.81 bits per heavy atom. The number of nitrogens with one attached hydrogen (secondary N) is 1. The second-order valence-corrected chi connectivity index (χ2v) is 6.46. The maximum absolute atomic E-state index is 3.69. The summed E-state index contributed by atoms with van der Waals surface area (Å²) < 4.78 is 0. The van der Waals surface area contributed by atoms with Crippen LogP contribution in [-0.4, -0.2) is 37.8 Å². The first-order valence-electron chi connectivity index (χ1n) is 8.39. The van der Waals surface area contributed by atoms with E-state index in [1.807, 2.05) is 0 Å². The zero-order valence-electron chi connectivity index (χ0n) is 14.3. The van der Waals surface area contributed by atoms with Gasteiger partial charge in [-0.25, -0.2) is 0 Å². The van der Waals surface area contributed by atoms with Crippen LogP contribution in [0.3, 0.4) is 0 Å². The van der Waals surface area contributed by atoms with E-state index in [-0.39, 0.29) is 5.54 Å². The van der Waals surface area contributed by atoms with Crippen molar-refractivity contribution in [3.8, 4) is 0 Å². The summed E-state index contributed by atoms with van der Waals surface area (Å²) in [6.45, 7) is 15.6. The third-order valence-corrected chi connectivity index (χ3v) is 4.97. The van der Waals surface area contributed by atoms with Crippen molar-refractivity contribution in [2.75, 3.05) is 36.0 Å². The number of nitrogens with zero attached hydrogens (tertiary/aromatic N) is 2. The monoisotopic (exact) mass is 289 g/mol. The van der Waals surface area contributed by atoms with Crippen LogP contribution in [0.15, 0.2) is 24.3 Å². The van der Waals surface area contributed by atoms with Gasteiger partial charge in [-0.1, -0.05) is 6.92 Å². The van der Waals surface area contributed by atoms with Crippen LogP contribution < -0.4 is 15.1 Å². The van der Waals surface area contributed by atoms with Gasteiger partial charge in [0.15, 0.2) is 0 Å². The summed E-state index contributed by atoms with van der Waals surface area (Å²) in [5.41, 5.74) is 2.90. The van der Waals surface area contributed by atoms with E-state index >= 15 is 0 Å². The minimum atomic E-state index is 0.226. The Labute approximate surface area is 130 Å². The lowest BCUT2D eigenvalue weighted by Gasteiger charge is -2.46. The minimum Gasteiger partial charge on any atom is -0.372 e. The molecule has 1 aliphatic rings. The first-order chi connectivity index (χ1) is 10.0. The van der Waals surface area contributed by atoms with Crippen LogP contribution in [0.25, 0.3) is 0 Å². The van der Waals surface area contributed by atoms with Crippen molar-refractivity contribution in [3.63, 3.8) is 0 Å². The molecule has 3 heteroatoms. The lowest BCUT2D eigenvalue weighted by molar-refractivity contribution is 0.285. The van der Waals surface area contributed by atoms with Crippen LogP contribution in [-0.2, 0) is 0 Å². The highest BCUT2D eigenvalue weighted by molar-refractivity contribution is 5.57. The average molecular weight is 289 g/mol. The first kappa shape index (κ1) is 16.2. The molecule has 0 spiro atoms. The van der Waals surface area contributed by atoms with Crippen LogP contribution in [0.1, 0.15) is 41.0 Å². The molecule has 0 saturated carbocycles. The second kappa shape index (κ2) is 6.69. The Hall–Kier alpha value is -1.22. The van der Waals surface area contributed by atoms with Crippen molar-refractivity contribution in [1.29, 1.82) is 0 Å². The van der Waals surface area contributed by atoms with Gasteiger partial charge in [-0.2, -0.15) is 0 Å². The van der Waals surface area contributed by atoms with Gasteiger partial charge in [-0.15, -0.1) is 0 Å². The smallest absolute Gasteiger partial charge is 0.0387 e. The van der Waals surface area contributed by atoms with Crippen LogP contribution in [0.2, 0.25) is 0 Å². The van der Waals surface area contributed by atoms with Gasteiger partial charge in [0, 0.05) is 49.1 Å². The Morgan fingerprint density at radius 1 is 1.19 bits per heavy atom.